The second-order valence-corrected chi connectivity index (χ2v) is 4.25. The molecule has 0 aliphatic heterocycles. The van der Waals surface area contributed by atoms with E-state index in [9.17, 15) is 0 Å². The van der Waals surface area contributed by atoms with Crippen molar-refractivity contribution in [2.75, 3.05) is 27.2 Å². The van der Waals surface area contributed by atoms with Crippen LogP contribution in [-0.2, 0) is 0 Å². The zero-order valence-corrected chi connectivity index (χ0v) is 10.1. The predicted molar refractivity (Wildman–Crippen MR) is 62.2 cm³/mol. The van der Waals surface area contributed by atoms with Crippen molar-refractivity contribution >= 4 is 6.01 Å². The molecule has 0 saturated heterocycles. The summed E-state index contributed by atoms with van der Waals surface area (Å²) in [6, 6.07) is 3.10. The van der Waals surface area contributed by atoms with E-state index in [0.717, 1.165) is 19.5 Å². The highest BCUT2D eigenvalue weighted by molar-refractivity contribution is 5.41. The minimum atomic E-state index is 0.326. The van der Waals surface area contributed by atoms with Crippen LogP contribution < -0.4 is 0 Å². The van der Waals surface area contributed by atoms with E-state index >= 15 is 0 Å². The molecule has 0 amide bonds. The Morgan fingerprint density at radius 1 is 1.21 bits per heavy atom. The fourth-order valence-electron chi connectivity index (χ4n) is 0.797. The van der Waals surface area contributed by atoms with Crippen molar-refractivity contribution in [3.8, 4) is 0 Å². The number of rotatable bonds is 6. The van der Waals surface area contributed by atoms with Crippen molar-refractivity contribution < 1.29 is 0 Å². The first-order chi connectivity index (χ1) is 6.54. The highest BCUT2D eigenvalue weighted by Crippen LogP contribution is 2.02. The summed E-state index contributed by atoms with van der Waals surface area (Å²) in [6.07, 6.45) is 1.07. The Hall–Kier alpha value is -0.660. The van der Waals surface area contributed by atoms with E-state index in [1.807, 2.05) is 0 Å². The van der Waals surface area contributed by atoms with E-state index in [1.165, 1.54) is 0 Å². The molecule has 3 nitrogen and oxygen atoms in total. The van der Waals surface area contributed by atoms with E-state index in [0.29, 0.717) is 12.0 Å². The third-order valence-electron chi connectivity index (χ3n) is 2.17. The maximum atomic E-state index is 4.21. The maximum Gasteiger partial charge on any atom is 0.0895 e. The molecule has 0 rings (SSSR count). The third-order valence-corrected chi connectivity index (χ3v) is 2.17. The average Bonchev–Trinajstić information content (AvgIpc) is 2.09. The molecule has 3 heteroatoms. The van der Waals surface area contributed by atoms with Gasteiger partial charge in [-0.2, -0.15) is 0 Å². The average molecular weight is 197 g/mol. The lowest BCUT2D eigenvalue weighted by atomic mass is 10.1. The van der Waals surface area contributed by atoms with Gasteiger partial charge in [-0.3, -0.25) is 0 Å². The number of aliphatic imine (C=N–C) groups is 2. The molecule has 1 atom stereocenters. The van der Waals surface area contributed by atoms with Crippen molar-refractivity contribution in [3.05, 3.63) is 0 Å². The Labute approximate surface area is 87.9 Å². The second-order valence-electron chi connectivity index (χ2n) is 4.25. The van der Waals surface area contributed by atoms with Gasteiger partial charge in [0, 0.05) is 0 Å². The summed E-state index contributed by atoms with van der Waals surface area (Å²) in [5.41, 5.74) is 0. The smallest absolute Gasteiger partial charge is 0.0895 e. The summed E-state index contributed by atoms with van der Waals surface area (Å²) < 4.78 is 0. The maximum absolute atomic E-state index is 4.21. The molecule has 0 N–H and O–H groups in total. The van der Waals surface area contributed by atoms with Crippen LogP contribution in [0.2, 0.25) is 0 Å². The molecular weight excluding hydrogens is 174 g/mol. The summed E-state index contributed by atoms with van der Waals surface area (Å²) >= 11 is 0. The van der Waals surface area contributed by atoms with Crippen molar-refractivity contribution in [2.45, 2.75) is 33.2 Å². The summed E-state index contributed by atoms with van der Waals surface area (Å²) in [4.78, 5) is 10.5. The first kappa shape index (κ1) is 13.3. The van der Waals surface area contributed by atoms with Crippen molar-refractivity contribution in [2.24, 2.45) is 15.9 Å². The van der Waals surface area contributed by atoms with Crippen LogP contribution in [0.3, 0.4) is 0 Å². The van der Waals surface area contributed by atoms with Gasteiger partial charge >= 0.3 is 0 Å². The predicted octanol–water partition coefficient (Wildman–Crippen LogP) is 2.16. The van der Waals surface area contributed by atoms with E-state index in [4.69, 9.17) is 0 Å². The minimum absolute atomic E-state index is 0.326. The topological polar surface area (TPSA) is 28.0 Å². The molecule has 0 aliphatic rings. The van der Waals surface area contributed by atoms with Gasteiger partial charge in [0.25, 0.3) is 0 Å². The molecule has 0 aromatic rings. The van der Waals surface area contributed by atoms with E-state index in [2.05, 4.69) is 55.8 Å². The molecule has 0 aromatic carbocycles. The summed E-state index contributed by atoms with van der Waals surface area (Å²) in [6.45, 7) is 8.30. The van der Waals surface area contributed by atoms with Crippen molar-refractivity contribution in [1.29, 1.82) is 0 Å². The van der Waals surface area contributed by atoms with Gasteiger partial charge in [-0.1, -0.05) is 13.8 Å². The summed E-state index contributed by atoms with van der Waals surface area (Å²) in [7, 11) is 4.14. The zero-order valence-electron chi connectivity index (χ0n) is 10.1. The zero-order chi connectivity index (χ0) is 11.0. The molecule has 0 aromatic heterocycles. The van der Waals surface area contributed by atoms with Crippen LogP contribution in [0.1, 0.15) is 27.2 Å². The van der Waals surface area contributed by atoms with Gasteiger partial charge in [0.05, 0.1) is 18.6 Å². The van der Waals surface area contributed by atoms with Crippen LogP contribution in [0, 0.1) is 5.92 Å². The molecule has 82 valence electrons. The summed E-state index contributed by atoms with van der Waals surface area (Å²) in [5.74, 6) is 0.569. The number of hydrogen-bond acceptors (Lipinski definition) is 3. The highest BCUT2D eigenvalue weighted by atomic mass is 15.0. The van der Waals surface area contributed by atoms with Crippen LogP contribution >= 0.6 is 0 Å². The van der Waals surface area contributed by atoms with Crippen molar-refractivity contribution in [1.82, 2.24) is 4.90 Å². The van der Waals surface area contributed by atoms with Crippen molar-refractivity contribution in [3.63, 3.8) is 0 Å². The molecule has 0 heterocycles. The largest absolute Gasteiger partial charge is 0.309 e. The van der Waals surface area contributed by atoms with E-state index < -0.39 is 0 Å². The third kappa shape index (κ3) is 7.96. The molecule has 0 fully saturated rings. The van der Waals surface area contributed by atoms with Crippen LogP contribution in [0.15, 0.2) is 9.98 Å². The van der Waals surface area contributed by atoms with Gasteiger partial charge in [0.15, 0.2) is 0 Å². The number of hydrogen-bond donors (Lipinski definition) is 0. The molecule has 0 spiro atoms. The van der Waals surface area contributed by atoms with Gasteiger partial charge in [0.1, 0.15) is 0 Å². The van der Waals surface area contributed by atoms with Gasteiger partial charge in [-0.25, -0.2) is 9.98 Å². The fraction of sp³-hybridized carbons (Fsp3) is 0.909. The number of nitrogens with zero attached hydrogens (tertiary/aromatic N) is 3. The van der Waals surface area contributed by atoms with Crippen LogP contribution in [0.25, 0.3) is 0 Å². The van der Waals surface area contributed by atoms with Crippen LogP contribution in [-0.4, -0.2) is 44.1 Å². The summed E-state index contributed by atoms with van der Waals surface area (Å²) in [5, 5.41) is 0. The monoisotopic (exact) mass is 197 g/mol. The molecule has 1 unspecified atom stereocenters. The standard InChI is InChI=1S/C11H23N3/c1-10(2)11(3)13-9-12-7-6-8-14(4)5/h10-11H,6-8H2,1-5H3. The lowest BCUT2D eigenvalue weighted by Crippen LogP contribution is -2.13. The lowest BCUT2D eigenvalue weighted by Gasteiger charge is -2.07. The van der Waals surface area contributed by atoms with Gasteiger partial charge < -0.3 is 4.90 Å². The Balaban J connectivity index is 3.61. The molecule has 0 radical (unpaired) electrons. The Bertz CT molecular complexity index is 191. The lowest BCUT2D eigenvalue weighted by molar-refractivity contribution is 0.403. The SMILES string of the molecule is CC(C)C(C)N=C=NCCCN(C)C. The Morgan fingerprint density at radius 3 is 2.36 bits per heavy atom. The molecule has 0 aliphatic carbocycles. The molecule has 14 heavy (non-hydrogen) atoms. The highest BCUT2D eigenvalue weighted by Gasteiger charge is 2.01. The Morgan fingerprint density at radius 2 is 1.86 bits per heavy atom. The molecule has 0 saturated carbocycles. The first-order valence-electron chi connectivity index (χ1n) is 5.30. The normalized spacial score (nSPS) is 12.8. The fourth-order valence-corrected chi connectivity index (χ4v) is 0.797. The Kier molecular flexibility index (Phi) is 7.35. The first-order valence-corrected chi connectivity index (χ1v) is 5.30. The second kappa shape index (κ2) is 7.72. The van der Waals surface area contributed by atoms with Gasteiger partial charge in [-0.15, -0.1) is 0 Å². The minimum Gasteiger partial charge on any atom is -0.309 e. The van der Waals surface area contributed by atoms with E-state index in [1.54, 1.807) is 0 Å². The van der Waals surface area contributed by atoms with Crippen LogP contribution in [0.5, 0.6) is 0 Å². The van der Waals surface area contributed by atoms with Gasteiger partial charge in [-0.05, 0) is 39.9 Å². The molecule has 0 bridgehead atoms. The quantitative estimate of drug-likeness (QED) is 0.473. The van der Waals surface area contributed by atoms with E-state index in [-0.39, 0.29) is 0 Å². The van der Waals surface area contributed by atoms with Crippen LogP contribution in [0.4, 0.5) is 0 Å². The van der Waals surface area contributed by atoms with Gasteiger partial charge in [0.2, 0.25) is 0 Å². The molecular formula is C11H23N3.